The molecule has 0 bridgehead atoms. The SMILES string of the molecule is CN1CCCC1CN(C)S(=O)(=O)c1c(N)cccc1F. The van der Waals surface area contributed by atoms with E-state index in [2.05, 4.69) is 4.90 Å². The molecule has 1 aromatic carbocycles. The van der Waals surface area contributed by atoms with Crippen LogP contribution in [0.2, 0.25) is 0 Å². The van der Waals surface area contributed by atoms with E-state index < -0.39 is 20.7 Å². The summed E-state index contributed by atoms with van der Waals surface area (Å²) in [5.74, 6) is -0.809. The van der Waals surface area contributed by atoms with Crippen LogP contribution < -0.4 is 5.73 Å². The van der Waals surface area contributed by atoms with Crippen molar-refractivity contribution in [3.05, 3.63) is 24.0 Å². The average Bonchev–Trinajstić information content (AvgIpc) is 2.74. The summed E-state index contributed by atoms with van der Waals surface area (Å²) >= 11 is 0. The van der Waals surface area contributed by atoms with Gasteiger partial charge < -0.3 is 10.6 Å². The highest BCUT2D eigenvalue weighted by molar-refractivity contribution is 7.89. The Morgan fingerprint density at radius 2 is 2.20 bits per heavy atom. The van der Waals surface area contributed by atoms with Crippen LogP contribution in [0.4, 0.5) is 10.1 Å². The molecule has 1 saturated heterocycles. The maximum atomic E-state index is 13.8. The Kier molecular flexibility index (Phi) is 4.31. The van der Waals surface area contributed by atoms with Crippen molar-refractivity contribution in [2.75, 3.05) is 32.9 Å². The van der Waals surface area contributed by atoms with Gasteiger partial charge in [-0.25, -0.2) is 12.8 Å². The zero-order valence-corrected chi connectivity index (χ0v) is 12.5. The van der Waals surface area contributed by atoms with Gasteiger partial charge in [0.05, 0.1) is 5.69 Å². The second-order valence-corrected chi connectivity index (χ2v) is 7.20. The van der Waals surface area contributed by atoms with Crippen molar-refractivity contribution in [3.63, 3.8) is 0 Å². The number of nitrogens with zero attached hydrogens (tertiary/aromatic N) is 2. The van der Waals surface area contributed by atoms with Gasteiger partial charge in [-0.1, -0.05) is 6.07 Å². The maximum absolute atomic E-state index is 13.8. The first-order valence-electron chi connectivity index (χ1n) is 6.54. The number of likely N-dealkylation sites (tertiary alicyclic amines) is 1. The zero-order valence-electron chi connectivity index (χ0n) is 11.7. The number of hydrogen-bond donors (Lipinski definition) is 1. The van der Waals surface area contributed by atoms with Crippen LogP contribution in [0.1, 0.15) is 12.8 Å². The lowest BCUT2D eigenvalue weighted by Crippen LogP contribution is -2.39. The lowest BCUT2D eigenvalue weighted by atomic mass is 10.2. The molecule has 1 aromatic rings. The molecule has 5 nitrogen and oxygen atoms in total. The average molecular weight is 301 g/mol. The molecule has 1 heterocycles. The molecule has 20 heavy (non-hydrogen) atoms. The molecule has 0 aromatic heterocycles. The Balaban J connectivity index is 2.26. The number of nitrogens with two attached hydrogens (primary N) is 1. The van der Waals surface area contributed by atoms with E-state index in [9.17, 15) is 12.8 Å². The number of anilines is 1. The Morgan fingerprint density at radius 1 is 1.50 bits per heavy atom. The first-order valence-corrected chi connectivity index (χ1v) is 7.98. The Labute approximate surface area is 119 Å². The molecule has 112 valence electrons. The van der Waals surface area contributed by atoms with Gasteiger partial charge in [0.25, 0.3) is 0 Å². The molecule has 0 radical (unpaired) electrons. The number of benzene rings is 1. The van der Waals surface area contributed by atoms with Crippen LogP contribution in [-0.4, -0.2) is 50.8 Å². The molecule has 1 fully saturated rings. The predicted molar refractivity (Wildman–Crippen MR) is 76.3 cm³/mol. The third-order valence-corrected chi connectivity index (χ3v) is 5.72. The van der Waals surface area contributed by atoms with Crippen molar-refractivity contribution < 1.29 is 12.8 Å². The minimum Gasteiger partial charge on any atom is -0.398 e. The van der Waals surface area contributed by atoms with E-state index >= 15 is 0 Å². The van der Waals surface area contributed by atoms with Gasteiger partial charge in [0.1, 0.15) is 10.7 Å². The second kappa shape index (κ2) is 5.67. The molecule has 1 atom stereocenters. The lowest BCUT2D eigenvalue weighted by molar-refractivity contribution is 0.270. The minimum absolute atomic E-state index is 0.0587. The van der Waals surface area contributed by atoms with E-state index in [0.29, 0.717) is 6.54 Å². The van der Waals surface area contributed by atoms with Gasteiger partial charge in [-0.15, -0.1) is 0 Å². The van der Waals surface area contributed by atoms with Gasteiger partial charge in [-0.2, -0.15) is 4.31 Å². The van der Waals surface area contributed by atoms with E-state index in [-0.39, 0.29) is 11.7 Å². The fourth-order valence-electron chi connectivity index (χ4n) is 2.56. The summed E-state index contributed by atoms with van der Waals surface area (Å²) in [4.78, 5) is 1.69. The number of sulfonamides is 1. The monoisotopic (exact) mass is 301 g/mol. The molecule has 0 aliphatic carbocycles. The van der Waals surface area contributed by atoms with Crippen LogP contribution in [-0.2, 0) is 10.0 Å². The van der Waals surface area contributed by atoms with Crippen LogP contribution in [0.3, 0.4) is 0 Å². The van der Waals surface area contributed by atoms with Gasteiger partial charge in [-0.3, -0.25) is 0 Å². The van der Waals surface area contributed by atoms with Crippen molar-refractivity contribution in [2.45, 2.75) is 23.8 Å². The van der Waals surface area contributed by atoms with Gasteiger partial charge in [0.15, 0.2) is 0 Å². The third kappa shape index (κ3) is 2.79. The van der Waals surface area contributed by atoms with Crippen LogP contribution in [0.5, 0.6) is 0 Å². The first-order chi connectivity index (χ1) is 9.34. The largest absolute Gasteiger partial charge is 0.398 e. The van der Waals surface area contributed by atoms with Gasteiger partial charge in [0, 0.05) is 19.6 Å². The van der Waals surface area contributed by atoms with Crippen LogP contribution in [0, 0.1) is 5.82 Å². The Morgan fingerprint density at radius 3 is 2.75 bits per heavy atom. The quantitative estimate of drug-likeness (QED) is 0.846. The summed E-state index contributed by atoms with van der Waals surface area (Å²) < 4.78 is 39.9. The van der Waals surface area contributed by atoms with Gasteiger partial charge in [0.2, 0.25) is 10.0 Å². The van der Waals surface area contributed by atoms with E-state index in [1.807, 2.05) is 7.05 Å². The van der Waals surface area contributed by atoms with E-state index in [0.717, 1.165) is 25.5 Å². The summed E-state index contributed by atoms with van der Waals surface area (Å²) in [6.45, 7) is 1.30. The Hall–Kier alpha value is -1.18. The first kappa shape index (κ1) is 15.2. The Bertz CT molecular complexity index is 571. The van der Waals surface area contributed by atoms with Gasteiger partial charge >= 0.3 is 0 Å². The molecular weight excluding hydrogens is 281 g/mol. The van der Waals surface area contributed by atoms with E-state index in [4.69, 9.17) is 5.73 Å². The molecule has 2 rings (SSSR count). The number of rotatable bonds is 4. The molecular formula is C13H20FN3O2S. The zero-order chi connectivity index (χ0) is 14.9. The van der Waals surface area contributed by atoms with Crippen LogP contribution >= 0.6 is 0 Å². The topological polar surface area (TPSA) is 66.6 Å². The number of likely N-dealkylation sites (N-methyl/N-ethyl adjacent to an activating group) is 2. The van der Waals surface area contributed by atoms with Crippen LogP contribution in [0.15, 0.2) is 23.1 Å². The molecule has 1 aliphatic rings. The molecule has 1 aliphatic heterocycles. The smallest absolute Gasteiger partial charge is 0.247 e. The van der Waals surface area contributed by atoms with E-state index in [1.165, 1.54) is 23.5 Å². The summed E-state index contributed by atoms with van der Waals surface area (Å²) in [6.07, 6.45) is 2.00. The highest BCUT2D eigenvalue weighted by atomic mass is 32.2. The molecule has 7 heteroatoms. The van der Waals surface area contributed by atoms with E-state index in [1.54, 1.807) is 0 Å². The summed E-state index contributed by atoms with van der Waals surface area (Å²) in [7, 11) is -0.471. The normalized spacial score (nSPS) is 20.7. The molecule has 2 N–H and O–H groups in total. The fraction of sp³-hybridized carbons (Fsp3) is 0.538. The minimum atomic E-state index is -3.90. The standard InChI is InChI=1S/C13H20FN3O2S/c1-16-8-4-5-10(16)9-17(2)20(18,19)13-11(14)6-3-7-12(13)15/h3,6-7,10H,4-5,8-9,15H2,1-2H3. The predicted octanol–water partition coefficient (Wildman–Crippen LogP) is 1.12. The summed E-state index contributed by atoms with van der Waals surface area (Å²) in [6, 6.07) is 4.07. The second-order valence-electron chi connectivity index (χ2n) is 5.22. The highest BCUT2D eigenvalue weighted by Gasteiger charge is 2.31. The fourth-order valence-corrected chi connectivity index (χ4v) is 3.92. The van der Waals surface area contributed by atoms with Crippen LogP contribution in [0.25, 0.3) is 0 Å². The van der Waals surface area contributed by atoms with Crippen molar-refractivity contribution in [1.29, 1.82) is 0 Å². The third-order valence-electron chi connectivity index (χ3n) is 3.81. The number of halogens is 1. The maximum Gasteiger partial charge on any atom is 0.247 e. The van der Waals surface area contributed by atoms with Crippen molar-refractivity contribution in [1.82, 2.24) is 9.21 Å². The number of nitrogen functional groups attached to an aromatic ring is 1. The molecule has 0 amide bonds. The van der Waals surface area contributed by atoms with Crippen molar-refractivity contribution in [3.8, 4) is 0 Å². The molecule has 1 unspecified atom stereocenters. The molecule has 0 spiro atoms. The lowest BCUT2D eigenvalue weighted by Gasteiger charge is -2.25. The van der Waals surface area contributed by atoms with Crippen molar-refractivity contribution >= 4 is 15.7 Å². The highest BCUT2D eigenvalue weighted by Crippen LogP contribution is 2.26. The van der Waals surface area contributed by atoms with Crippen molar-refractivity contribution in [2.24, 2.45) is 0 Å². The summed E-state index contributed by atoms with van der Waals surface area (Å²) in [5, 5.41) is 0. The van der Waals surface area contributed by atoms with Gasteiger partial charge in [-0.05, 0) is 38.6 Å². The molecule has 0 saturated carbocycles. The number of hydrogen-bond acceptors (Lipinski definition) is 4. The summed E-state index contributed by atoms with van der Waals surface area (Å²) in [5.41, 5.74) is 5.57.